The Kier molecular flexibility index (Phi) is 6.44. The Labute approximate surface area is 131 Å². The van der Waals surface area contributed by atoms with E-state index in [-0.39, 0.29) is 24.1 Å². The molecule has 120 valence electrons. The van der Waals surface area contributed by atoms with Crippen molar-refractivity contribution >= 4 is 12.0 Å². The minimum atomic E-state index is -0.371. The van der Waals surface area contributed by atoms with E-state index in [4.69, 9.17) is 9.47 Å². The van der Waals surface area contributed by atoms with Crippen LogP contribution in [-0.2, 0) is 9.53 Å². The highest BCUT2D eigenvalue weighted by Crippen LogP contribution is 2.32. The summed E-state index contributed by atoms with van der Waals surface area (Å²) >= 11 is 0. The molecule has 0 N–H and O–H groups in total. The van der Waals surface area contributed by atoms with Crippen LogP contribution in [0.5, 0.6) is 5.75 Å². The number of unbranched alkanes of at least 4 members (excludes halogenated alkanes) is 1. The van der Waals surface area contributed by atoms with E-state index in [1.54, 1.807) is 24.3 Å². The minimum absolute atomic E-state index is 0.155. The molecule has 0 bridgehead atoms. The van der Waals surface area contributed by atoms with E-state index in [1.165, 1.54) is 6.07 Å². The van der Waals surface area contributed by atoms with Crippen molar-refractivity contribution in [2.24, 2.45) is 5.92 Å². The molecule has 0 saturated heterocycles. The molecule has 1 aliphatic carbocycles. The lowest BCUT2D eigenvalue weighted by Gasteiger charge is -2.06. The molecule has 0 unspecified atom stereocenters. The van der Waals surface area contributed by atoms with Gasteiger partial charge in [0, 0.05) is 6.42 Å². The van der Waals surface area contributed by atoms with Crippen LogP contribution >= 0.6 is 0 Å². The predicted octanol–water partition coefficient (Wildman–Crippen LogP) is 4.36. The standard InChI is InChI=1S/C18H23FO3/c1-2-3-10-21-17-9-8-14(12-16(17)19)5-4-11-22-18(20)13-15-6-7-15/h4-5,8-9,12,15H,2-3,6-7,10-11,13H2,1H3. The van der Waals surface area contributed by atoms with Gasteiger partial charge in [0.05, 0.1) is 6.61 Å². The quantitative estimate of drug-likeness (QED) is 0.502. The molecule has 1 saturated carbocycles. The molecule has 1 fully saturated rings. The van der Waals surface area contributed by atoms with Crippen molar-refractivity contribution in [1.29, 1.82) is 0 Å². The number of hydrogen-bond acceptors (Lipinski definition) is 3. The summed E-state index contributed by atoms with van der Waals surface area (Å²) in [5.74, 6) is 0.286. The van der Waals surface area contributed by atoms with Crippen LogP contribution in [0.1, 0.15) is 44.6 Å². The Balaban J connectivity index is 1.75. The van der Waals surface area contributed by atoms with Crippen LogP contribution in [0.2, 0.25) is 0 Å². The Hall–Kier alpha value is -1.84. The minimum Gasteiger partial charge on any atom is -0.491 e. The summed E-state index contributed by atoms with van der Waals surface area (Å²) in [6.07, 6.45) is 8.18. The fraction of sp³-hybridized carbons (Fsp3) is 0.500. The average molecular weight is 306 g/mol. The van der Waals surface area contributed by atoms with E-state index < -0.39 is 0 Å². The van der Waals surface area contributed by atoms with Crippen LogP contribution in [0.25, 0.3) is 6.08 Å². The summed E-state index contributed by atoms with van der Waals surface area (Å²) in [6.45, 7) is 2.81. The van der Waals surface area contributed by atoms with Crippen LogP contribution < -0.4 is 4.74 Å². The maximum absolute atomic E-state index is 13.8. The molecule has 22 heavy (non-hydrogen) atoms. The summed E-state index contributed by atoms with van der Waals surface area (Å²) in [7, 11) is 0. The maximum atomic E-state index is 13.8. The number of esters is 1. The van der Waals surface area contributed by atoms with Gasteiger partial charge in [-0.05, 0) is 49.0 Å². The molecule has 1 aromatic rings. The molecule has 0 aromatic heterocycles. The fourth-order valence-electron chi connectivity index (χ4n) is 2.01. The molecule has 4 heteroatoms. The summed E-state index contributed by atoms with van der Waals surface area (Å²) in [4.78, 5) is 11.4. The monoisotopic (exact) mass is 306 g/mol. The van der Waals surface area contributed by atoms with E-state index in [9.17, 15) is 9.18 Å². The zero-order valence-corrected chi connectivity index (χ0v) is 13.0. The van der Waals surface area contributed by atoms with Gasteiger partial charge in [-0.1, -0.05) is 25.5 Å². The number of carbonyl (C=O) groups is 1. The van der Waals surface area contributed by atoms with E-state index in [0.717, 1.165) is 31.2 Å². The first-order chi connectivity index (χ1) is 10.7. The van der Waals surface area contributed by atoms with E-state index in [1.807, 2.05) is 0 Å². The van der Waals surface area contributed by atoms with Crippen molar-refractivity contribution < 1.29 is 18.7 Å². The van der Waals surface area contributed by atoms with Crippen LogP contribution in [-0.4, -0.2) is 19.2 Å². The predicted molar refractivity (Wildman–Crippen MR) is 84.1 cm³/mol. The van der Waals surface area contributed by atoms with E-state index in [0.29, 0.717) is 18.9 Å². The Bertz CT molecular complexity index is 521. The molecule has 0 radical (unpaired) electrons. The van der Waals surface area contributed by atoms with Gasteiger partial charge < -0.3 is 9.47 Å². The second-order valence-corrected chi connectivity index (χ2v) is 5.62. The van der Waals surface area contributed by atoms with Crippen molar-refractivity contribution in [3.8, 4) is 5.75 Å². The number of ether oxygens (including phenoxy) is 2. The second-order valence-electron chi connectivity index (χ2n) is 5.62. The van der Waals surface area contributed by atoms with Crippen LogP contribution in [0.3, 0.4) is 0 Å². The van der Waals surface area contributed by atoms with Crippen LogP contribution in [0.15, 0.2) is 24.3 Å². The van der Waals surface area contributed by atoms with Gasteiger partial charge in [0.1, 0.15) is 6.61 Å². The van der Waals surface area contributed by atoms with Gasteiger partial charge in [-0.25, -0.2) is 4.39 Å². The van der Waals surface area contributed by atoms with Crippen molar-refractivity contribution in [1.82, 2.24) is 0 Å². The lowest BCUT2D eigenvalue weighted by atomic mass is 10.2. The third-order valence-corrected chi connectivity index (χ3v) is 3.51. The highest BCUT2D eigenvalue weighted by Gasteiger charge is 2.24. The van der Waals surface area contributed by atoms with Gasteiger partial charge >= 0.3 is 5.97 Å². The summed E-state index contributed by atoms with van der Waals surface area (Å²) < 4.78 is 24.3. The van der Waals surface area contributed by atoms with Gasteiger partial charge in [0.25, 0.3) is 0 Å². The first kappa shape index (κ1) is 16.5. The van der Waals surface area contributed by atoms with Crippen molar-refractivity contribution in [2.75, 3.05) is 13.2 Å². The third kappa shape index (κ3) is 5.88. The molecule has 0 heterocycles. The molecule has 0 spiro atoms. The third-order valence-electron chi connectivity index (χ3n) is 3.51. The van der Waals surface area contributed by atoms with Crippen molar-refractivity contribution in [2.45, 2.75) is 39.0 Å². The van der Waals surface area contributed by atoms with E-state index >= 15 is 0 Å². The molecule has 1 aliphatic rings. The van der Waals surface area contributed by atoms with Gasteiger partial charge in [0.2, 0.25) is 0 Å². The molecule has 0 atom stereocenters. The molecule has 0 aliphatic heterocycles. The lowest BCUT2D eigenvalue weighted by Crippen LogP contribution is -2.04. The van der Waals surface area contributed by atoms with Gasteiger partial charge in [-0.3, -0.25) is 4.79 Å². The molecule has 2 rings (SSSR count). The molecular formula is C18H23FO3. The first-order valence-corrected chi connectivity index (χ1v) is 7.93. The van der Waals surface area contributed by atoms with Crippen LogP contribution in [0.4, 0.5) is 4.39 Å². The largest absolute Gasteiger partial charge is 0.491 e. The highest BCUT2D eigenvalue weighted by atomic mass is 19.1. The summed E-state index contributed by atoms with van der Waals surface area (Å²) in [5.41, 5.74) is 0.721. The molecule has 1 aromatic carbocycles. The molecule has 0 amide bonds. The number of carbonyl (C=O) groups excluding carboxylic acids is 1. The number of rotatable bonds is 9. The van der Waals surface area contributed by atoms with E-state index in [2.05, 4.69) is 6.92 Å². The number of benzene rings is 1. The normalized spacial score (nSPS) is 14.3. The van der Waals surface area contributed by atoms with Crippen molar-refractivity contribution in [3.63, 3.8) is 0 Å². The summed E-state index contributed by atoms with van der Waals surface area (Å²) in [5, 5.41) is 0. The van der Waals surface area contributed by atoms with Gasteiger partial charge in [-0.2, -0.15) is 0 Å². The van der Waals surface area contributed by atoms with Crippen molar-refractivity contribution in [3.05, 3.63) is 35.7 Å². The fourth-order valence-corrected chi connectivity index (χ4v) is 2.01. The smallest absolute Gasteiger partial charge is 0.306 e. The van der Waals surface area contributed by atoms with Gasteiger partial charge in [-0.15, -0.1) is 0 Å². The highest BCUT2D eigenvalue weighted by molar-refractivity contribution is 5.70. The molecular weight excluding hydrogens is 283 g/mol. The number of halogens is 1. The topological polar surface area (TPSA) is 35.5 Å². The summed E-state index contributed by atoms with van der Waals surface area (Å²) in [6, 6.07) is 4.83. The Morgan fingerprint density at radius 3 is 2.91 bits per heavy atom. The average Bonchev–Trinajstić information content (AvgIpc) is 3.30. The Morgan fingerprint density at radius 2 is 2.23 bits per heavy atom. The zero-order chi connectivity index (χ0) is 15.8. The second kappa shape index (κ2) is 8.57. The Morgan fingerprint density at radius 1 is 1.41 bits per heavy atom. The van der Waals surface area contributed by atoms with Gasteiger partial charge in [0.15, 0.2) is 11.6 Å². The zero-order valence-electron chi connectivity index (χ0n) is 13.0. The first-order valence-electron chi connectivity index (χ1n) is 7.93. The van der Waals surface area contributed by atoms with Crippen LogP contribution in [0, 0.1) is 11.7 Å². The lowest BCUT2D eigenvalue weighted by molar-refractivity contribution is -0.142. The number of hydrogen-bond donors (Lipinski definition) is 0. The SMILES string of the molecule is CCCCOc1ccc(C=CCOC(=O)CC2CC2)cc1F. The molecule has 3 nitrogen and oxygen atoms in total. The maximum Gasteiger partial charge on any atom is 0.306 e.